The second-order valence-electron chi connectivity index (χ2n) is 4.22. The molecule has 0 aromatic rings. The first-order valence-corrected chi connectivity index (χ1v) is 4.57. The van der Waals surface area contributed by atoms with Crippen LogP contribution in [0.2, 0.25) is 0 Å². The number of hydrogen-bond donors (Lipinski definition) is 2. The van der Waals surface area contributed by atoms with Crippen LogP contribution in [-0.4, -0.2) is 47.5 Å². The molecule has 12 heavy (non-hydrogen) atoms. The molecule has 2 unspecified atom stereocenters. The largest absolute Gasteiger partial charge is 0.396 e. The fourth-order valence-corrected chi connectivity index (χ4v) is 1.68. The minimum Gasteiger partial charge on any atom is -0.396 e. The molecular formula is C9H19NO2. The fraction of sp³-hybridized carbons (Fsp3) is 1.00. The van der Waals surface area contributed by atoms with E-state index in [1.54, 1.807) is 0 Å². The Kier molecular flexibility index (Phi) is 3.09. The van der Waals surface area contributed by atoms with Crippen LogP contribution in [0.25, 0.3) is 0 Å². The Bertz CT molecular complexity index is 151. The Morgan fingerprint density at radius 2 is 2.17 bits per heavy atom. The molecule has 0 saturated carbocycles. The van der Waals surface area contributed by atoms with Crippen LogP contribution >= 0.6 is 0 Å². The van der Waals surface area contributed by atoms with Crippen LogP contribution in [0.1, 0.15) is 20.3 Å². The topological polar surface area (TPSA) is 43.7 Å². The molecule has 1 fully saturated rings. The zero-order valence-corrected chi connectivity index (χ0v) is 7.95. The van der Waals surface area contributed by atoms with Crippen molar-refractivity contribution in [3.63, 3.8) is 0 Å². The first-order valence-electron chi connectivity index (χ1n) is 4.57. The van der Waals surface area contributed by atoms with Gasteiger partial charge in [0, 0.05) is 24.6 Å². The highest BCUT2D eigenvalue weighted by atomic mass is 16.3. The highest BCUT2D eigenvalue weighted by Crippen LogP contribution is 2.29. The lowest BCUT2D eigenvalue weighted by molar-refractivity contribution is 0.115. The van der Waals surface area contributed by atoms with E-state index in [9.17, 15) is 0 Å². The number of rotatable bonds is 3. The number of likely N-dealkylation sites (tertiary alicyclic amines) is 1. The van der Waals surface area contributed by atoms with Crippen molar-refractivity contribution in [1.82, 2.24) is 4.90 Å². The lowest BCUT2D eigenvalue weighted by Crippen LogP contribution is -2.36. The molecule has 72 valence electrons. The van der Waals surface area contributed by atoms with Gasteiger partial charge in [0.05, 0.1) is 6.61 Å². The summed E-state index contributed by atoms with van der Waals surface area (Å²) in [7, 11) is 0. The standard InChI is InChI=1S/C9H19NO2/c1-8(5-11)10-4-3-9(2,6-10)7-12/h8,11-12H,3-7H2,1-2H3. The average molecular weight is 173 g/mol. The van der Waals surface area contributed by atoms with E-state index < -0.39 is 0 Å². The van der Waals surface area contributed by atoms with E-state index in [1.807, 2.05) is 6.92 Å². The van der Waals surface area contributed by atoms with Gasteiger partial charge >= 0.3 is 0 Å². The molecule has 0 aromatic carbocycles. The summed E-state index contributed by atoms with van der Waals surface area (Å²) in [5, 5.41) is 18.0. The Balaban J connectivity index is 2.45. The summed E-state index contributed by atoms with van der Waals surface area (Å²) < 4.78 is 0. The van der Waals surface area contributed by atoms with Gasteiger partial charge in [0.1, 0.15) is 0 Å². The van der Waals surface area contributed by atoms with Crippen LogP contribution in [0.3, 0.4) is 0 Å². The summed E-state index contributed by atoms with van der Waals surface area (Å²) in [6.45, 7) is 6.48. The van der Waals surface area contributed by atoms with Gasteiger partial charge in [0.25, 0.3) is 0 Å². The third-order valence-electron chi connectivity index (χ3n) is 2.86. The third kappa shape index (κ3) is 1.97. The number of hydrogen-bond acceptors (Lipinski definition) is 3. The van der Waals surface area contributed by atoms with Crippen molar-refractivity contribution in [1.29, 1.82) is 0 Å². The van der Waals surface area contributed by atoms with Gasteiger partial charge in [-0.2, -0.15) is 0 Å². The molecule has 2 N–H and O–H groups in total. The zero-order chi connectivity index (χ0) is 9.19. The van der Waals surface area contributed by atoms with E-state index in [1.165, 1.54) is 0 Å². The van der Waals surface area contributed by atoms with Crippen LogP contribution in [0.5, 0.6) is 0 Å². The van der Waals surface area contributed by atoms with Crippen molar-refractivity contribution in [3.05, 3.63) is 0 Å². The molecule has 1 aliphatic heterocycles. The first kappa shape index (κ1) is 9.96. The SMILES string of the molecule is CC(CO)N1CCC(C)(CO)C1. The Labute approximate surface area is 74.0 Å². The summed E-state index contributed by atoms with van der Waals surface area (Å²) in [4.78, 5) is 2.23. The molecule has 3 nitrogen and oxygen atoms in total. The molecule has 1 heterocycles. The fourth-order valence-electron chi connectivity index (χ4n) is 1.68. The van der Waals surface area contributed by atoms with E-state index in [-0.39, 0.29) is 24.7 Å². The van der Waals surface area contributed by atoms with Gasteiger partial charge in [-0.3, -0.25) is 4.90 Å². The molecule has 1 aliphatic rings. The second kappa shape index (κ2) is 3.73. The molecule has 0 aliphatic carbocycles. The molecule has 1 rings (SSSR count). The molecule has 0 spiro atoms. The van der Waals surface area contributed by atoms with E-state index in [0.717, 1.165) is 19.5 Å². The number of aliphatic hydroxyl groups is 2. The third-order valence-corrected chi connectivity index (χ3v) is 2.86. The maximum Gasteiger partial charge on any atom is 0.0584 e. The number of nitrogens with zero attached hydrogens (tertiary/aromatic N) is 1. The summed E-state index contributed by atoms with van der Waals surface area (Å²) in [6.07, 6.45) is 1.04. The van der Waals surface area contributed by atoms with Gasteiger partial charge < -0.3 is 10.2 Å². The Morgan fingerprint density at radius 3 is 2.58 bits per heavy atom. The van der Waals surface area contributed by atoms with Gasteiger partial charge in [-0.15, -0.1) is 0 Å². The van der Waals surface area contributed by atoms with Gasteiger partial charge in [-0.05, 0) is 19.9 Å². The van der Waals surface area contributed by atoms with Crippen LogP contribution < -0.4 is 0 Å². The van der Waals surface area contributed by atoms with E-state index in [0.29, 0.717) is 0 Å². The molecule has 0 amide bonds. The van der Waals surface area contributed by atoms with Crippen molar-refractivity contribution in [2.24, 2.45) is 5.41 Å². The monoisotopic (exact) mass is 173 g/mol. The smallest absolute Gasteiger partial charge is 0.0584 e. The Morgan fingerprint density at radius 1 is 1.50 bits per heavy atom. The highest BCUT2D eigenvalue weighted by Gasteiger charge is 2.34. The van der Waals surface area contributed by atoms with Crippen LogP contribution in [0, 0.1) is 5.41 Å². The molecular weight excluding hydrogens is 154 g/mol. The van der Waals surface area contributed by atoms with Crippen molar-refractivity contribution in [2.45, 2.75) is 26.3 Å². The van der Waals surface area contributed by atoms with Gasteiger partial charge in [0.15, 0.2) is 0 Å². The number of aliphatic hydroxyl groups excluding tert-OH is 2. The van der Waals surface area contributed by atoms with Crippen molar-refractivity contribution >= 4 is 0 Å². The summed E-state index contributed by atoms with van der Waals surface area (Å²) in [5.74, 6) is 0. The molecule has 0 aromatic heterocycles. The molecule has 3 heteroatoms. The highest BCUT2D eigenvalue weighted by molar-refractivity contribution is 4.87. The maximum atomic E-state index is 9.11. The predicted molar refractivity (Wildman–Crippen MR) is 47.9 cm³/mol. The quantitative estimate of drug-likeness (QED) is 0.635. The van der Waals surface area contributed by atoms with Gasteiger partial charge in [-0.1, -0.05) is 6.92 Å². The van der Waals surface area contributed by atoms with Crippen molar-refractivity contribution in [2.75, 3.05) is 26.3 Å². The summed E-state index contributed by atoms with van der Waals surface area (Å²) >= 11 is 0. The Hall–Kier alpha value is -0.120. The predicted octanol–water partition coefficient (Wildman–Crippen LogP) is 0.0715. The lowest BCUT2D eigenvalue weighted by atomic mass is 9.91. The summed E-state index contributed by atoms with van der Waals surface area (Å²) in [6, 6.07) is 0.235. The van der Waals surface area contributed by atoms with Gasteiger partial charge in [-0.25, -0.2) is 0 Å². The average Bonchev–Trinajstić information content (AvgIpc) is 2.48. The minimum atomic E-state index is 0.0590. The van der Waals surface area contributed by atoms with E-state index in [2.05, 4.69) is 11.8 Å². The minimum absolute atomic E-state index is 0.0590. The van der Waals surface area contributed by atoms with Crippen LogP contribution in [0.15, 0.2) is 0 Å². The van der Waals surface area contributed by atoms with Crippen LogP contribution in [0.4, 0.5) is 0 Å². The van der Waals surface area contributed by atoms with Gasteiger partial charge in [0.2, 0.25) is 0 Å². The van der Waals surface area contributed by atoms with Crippen molar-refractivity contribution < 1.29 is 10.2 Å². The second-order valence-corrected chi connectivity index (χ2v) is 4.22. The normalized spacial score (nSPS) is 34.0. The zero-order valence-electron chi connectivity index (χ0n) is 7.95. The summed E-state index contributed by atoms with van der Waals surface area (Å²) in [5.41, 5.74) is 0.0590. The van der Waals surface area contributed by atoms with E-state index >= 15 is 0 Å². The molecule has 0 radical (unpaired) electrons. The molecule has 0 bridgehead atoms. The first-order chi connectivity index (χ1) is 5.61. The van der Waals surface area contributed by atoms with E-state index in [4.69, 9.17) is 10.2 Å². The molecule has 1 saturated heterocycles. The maximum absolute atomic E-state index is 9.11. The lowest BCUT2D eigenvalue weighted by Gasteiger charge is -2.25. The molecule has 2 atom stereocenters. The van der Waals surface area contributed by atoms with Crippen LogP contribution in [-0.2, 0) is 0 Å². The van der Waals surface area contributed by atoms with Crippen molar-refractivity contribution in [3.8, 4) is 0 Å².